The monoisotopic (exact) mass is 196 g/mol. The van der Waals surface area contributed by atoms with Crippen LogP contribution in [-0.2, 0) is 9.53 Å². The molecule has 0 bridgehead atoms. The van der Waals surface area contributed by atoms with Crippen molar-refractivity contribution >= 4 is 5.97 Å². The SMILES string of the molecule is CCC(CC(C)C(=O)O)OC(F)F. The van der Waals surface area contributed by atoms with E-state index in [2.05, 4.69) is 4.74 Å². The summed E-state index contributed by atoms with van der Waals surface area (Å²) in [6.45, 7) is 0.326. The molecule has 0 saturated carbocycles. The summed E-state index contributed by atoms with van der Waals surface area (Å²) in [5.74, 6) is -1.64. The van der Waals surface area contributed by atoms with Gasteiger partial charge in [-0.1, -0.05) is 13.8 Å². The maximum absolute atomic E-state index is 11.8. The minimum absolute atomic E-state index is 0.121. The minimum atomic E-state index is -2.83. The molecule has 0 aromatic rings. The summed E-state index contributed by atoms with van der Waals surface area (Å²) in [7, 11) is 0. The summed E-state index contributed by atoms with van der Waals surface area (Å²) in [6.07, 6.45) is -0.163. The number of carboxylic acid groups (broad SMARTS) is 1. The Morgan fingerprint density at radius 2 is 2.08 bits per heavy atom. The van der Waals surface area contributed by atoms with E-state index in [1.54, 1.807) is 6.92 Å². The Hall–Kier alpha value is -0.710. The van der Waals surface area contributed by atoms with Crippen molar-refractivity contribution in [2.45, 2.75) is 39.4 Å². The van der Waals surface area contributed by atoms with Crippen LogP contribution in [0.4, 0.5) is 8.78 Å². The number of carbonyl (C=O) groups is 1. The van der Waals surface area contributed by atoms with Crippen LogP contribution >= 0.6 is 0 Å². The van der Waals surface area contributed by atoms with Gasteiger partial charge in [-0.15, -0.1) is 0 Å². The van der Waals surface area contributed by atoms with E-state index in [1.165, 1.54) is 6.92 Å². The molecule has 0 heterocycles. The molecule has 1 N–H and O–H groups in total. The molecular formula is C8H14F2O3. The lowest BCUT2D eigenvalue weighted by Gasteiger charge is -2.17. The number of halogens is 2. The summed E-state index contributed by atoms with van der Waals surface area (Å²) in [6, 6.07) is 0. The van der Waals surface area contributed by atoms with Gasteiger partial charge >= 0.3 is 12.6 Å². The molecule has 13 heavy (non-hydrogen) atoms. The van der Waals surface area contributed by atoms with Gasteiger partial charge in [-0.05, 0) is 12.8 Å². The molecule has 0 aromatic heterocycles. The van der Waals surface area contributed by atoms with Gasteiger partial charge in [0, 0.05) is 0 Å². The standard InChI is InChI=1S/C8H14F2O3/c1-3-6(13-8(9)10)4-5(2)7(11)12/h5-6,8H,3-4H2,1-2H3,(H,11,12). The molecule has 78 valence electrons. The van der Waals surface area contributed by atoms with E-state index in [1.807, 2.05) is 0 Å². The third kappa shape index (κ3) is 5.52. The van der Waals surface area contributed by atoms with Crippen LogP contribution in [-0.4, -0.2) is 23.8 Å². The second-order valence-electron chi connectivity index (χ2n) is 2.90. The number of aliphatic carboxylic acids is 1. The zero-order chi connectivity index (χ0) is 10.4. The summed E-state index contributed by atoms with van der Waals surface area (Å²) < 4.78 is 27.7. The molecule has 2 unspecified atom stereocenters. The molecular weight excluding hydrogens is 182 g/mol. The molecule has 0 amide bonds. The van der Waals surface area contributed by atoms with Crippen LogP contribution in [0, 0.1) is 5.92 Å². The normalized spacial score (nSPS) is 15.8. The zero-order valence-electron chi connectivity index (χ0n) is 7.67. The Morgan fingerprint density at radius 3 is 2.38 bits per heavy atom. The molecule has 0 fully saturated rings. The molecule has 0 aromatic carbocycles. The summed E-state index contributed by atoms with van der Waals surface area (Å²) in [5.41, 5.74) is 0. The Labute approximate surface area is 75.7 Å². The molecule has 0 rings (SSSR count). The lowest BCUT2D eigenvalue weighted by atomic mass is 10.0. The number of ether oxygens (including phenoxy) is 1. The summed E-state index contributed by atoms with van der Waals surface area (Å²) in [4.78, 5) is 10.4. The predicted octanol–water partition coefficient (Wildman–Crippen LogP) is 2.12. The topological polar surface area (TPSA) is 46.5 Å². The van der Waals surface area contributed by atoms with Gasteiger partial charge in [0.2, 0.25) is 0 Å². The van der Waals surface area contributed by atoms with E-state index < -0.39 is 24.6 Å². The van der Waals surface area contributed by atoms with Crippen LogP contribution < -0.4 is 0 Å². The number of hydrogen-bond acceptors (Lipinski definition) is 2. The van der Waals surface area contributed by atoms with Gasteiger partial charge in [0.1, 0.15) is 0 Å². The number of hydrogen-bond donors (Lipinski definition) is 1. The highest BCUT2D eigenvalue weighted by molar-refractivity contribution is 5.69. The first-order valence-electron chi connectivity index (χ1n) is 4.13. The van der Waals surface area contributed by atoms with E-state index in [0.717, 1.165) is 0 Å². The molecule has 2 atom stereocenters. The Kier molecular flexibility index (Phi) is 5.53. The lowest BCUT2D eigenvalue weighted by molar-refractivity contribution is -0.171. The molecule has 0 radical (unpaired) electrons. The summed E-state index contributed by atoms with van der Waals surface area (Å²) in [5, 5.41) is 8.52. The van der Waals surface area contributed by atoms with Crippen LogP contribution in [0.1, 0.15) is 26.7 Å². The largest absolute Gasteiger partial charge is 0.481 e. The second-order valence-corrected chi connectivity index (χ2v) is 2.90. The average Bonchev–Trinajstić information content (AvgIpc) is 2.02. The van der Waals surface area contributed by atoms with E-state index >= 15 is 0 Å². The van der Waals surface area contributed by atoms with Crippen LogP contribution in [0.25, 0.3) is 0 Å². The molecule has 0 saturated heterocycles. The first-order chi connectivity index (χ1) is 5.97. The lowest BCUT2D eigenvalue weighted by Crippen LogP contribution is -2.22. The second kappa shape index (κ2) is 5.85. The quantitative estimate of drug-likeness (QED) is 0.707. The highest BCUT2D eigenvalue weighted by Gasteiger charge is 2.20. The van der Waals surface area contributed by atoms with Crippen LogP contribution in [0.2, 0.25) is 0 Å². The third-order valence-electron chi connectivity index (χ3n) is 1.79. The van der Waals surface area contributed by atoms with Gasteiger partial charge in [0.15, 0.2) is 0 Å². The van der Waals surface area contributed by atoms with Gasteiger partial charge in [-0.2, -0.15) is 8.78 Å². The first kappa shape index (κ1) is 12.3. The maximum atomic E-state index is 11.8. The van der Waals surface area contributed by atoms with Crippen LogP contribution in [0.5, 0.6) is 0 Å². The van der Waals surface area contributed by atoms with Crippen molar-refractivity contribution in [1.29, 1.82) is 0 Å². The van der Waals surface area contributed by atoms with Gasteiger partial charge in [0.05, 0.1) is 12.0 Å². The zero-order valence-corrected chi connectivity index (χ0v) is 7.67. The highest BCUT2D eigenvalue weighted by Crippen LogP contribution is 2.15. The average molecular weight is 196 g/mol. The highest BCUT2D eigenvalue weighted by atomic mass is 19.3. The Bertz CT molecular complexity index is 161. The van der Waals surface area contributed by atoms with Gasteiger partial charge in [0.25, 0.3) is 0 Å². The third-order valence-corrected chi connectivity index (χ3v) is 1.79. The van der Waals surface area contributed by atoms with Crippen molar-refractivity contribution in [3.05, 3.63) is 0 Å². The fraction of sp³-hybridized carbons (Fsp3) is 0.875. The van der Waals surface area contributed by atoms with Crippen molar-refractivity contribution in [1.82, 2.24) is 0 Å². The van der Waals surface area contributed by atoms with E-state index in [4.69, 9.17) is 5.11 Å². The fourth-order valence-electron chi connectivity index (χ4n) is 0.959. The first-order valence-corrected chi connectivity index (χ1v) is 4.13. The molecule has 0 aliphatic carbocycles. The van der Waals surface area contributed by atoms with Gasteiger partial charge < -0.3 is 9.84 Å². The van der Waals surface area contributed by atoms with Gasteiger partial charge in [-0.3, -0.25) is 4.79 Å². The molecule has 0 aliphatic heterocycles. The Morgan fingerprint density at radius 1 is 1.54 bits per heavy atom. The predicted molar refractivity (Wildman–Crippen MR) is 42.6 cm³/mol. The number of rotatable bonds is 6. The van der Waals surface area contributed by atoms with Crippen molar-refractivity contribution in [2.75, 3.05) is 0 Å². The minimum Gasteiger partial charge on any atom is -0.481 e. The summed E-state index contributed by atoms with van der Waals surface area (Å²) >= 11 is 0. The molecule has 3 nitrogen and oxygen atoms in total. The van der Waals surface area contributed by atoms with E-state index in [0.29, 0.717) is 6.42 Å². The van der Waals surface area contributed by atoms with E-state index in [-0.39, 0.29) is 6.42 Å². The number of alkyl halides is 2. The van der Waals surface area contributed by atoms with Crippen LogP contribution in [0.15, 0.2) is 0 Å². The van der Waals surface area contributed by atoms with E-state index in [9.17, 15) is 13.6 Å². The van der Waals surface area contributed by atoms with Crippen molar-refractivity contribution < 1.29 is 23.4 Å². The molecule has 5 heteroatoms. The van der Waals surface area contributed by atoms with Crippen LogP contribution in [0.3, 0.4) is 0 Å². The molecule has 0 spiro atoms. The van der Waals surface area contributed by atoms with Crippen molar-refractivity contribution in [3.8, 4) is 0 Å². The molecule has 0 aliphatic rings. The smallest absolute Gasteiger partial charge is 0.345 e. The van der Waals surface area contributed by atoms with Gasteiger partial charge in [-0.25, -0.2) is 0 Å². The van der Waals surface area contributed by atoms with Crippen molar-refractivity contribution in [3.63, 3.8) is 0 Å². The number of carboxylic acids is 1. The maximum Gasteiger partial charge on any atom is 0.345 e. The van der Waals surface area contributed by atoms with Crippen molar-refractivity contribution in [2.24, 2.45) is 5.92 Å². The fourth-order valence-corrected chi connectivity index (χ4v) is 0.959. The Balaban J connectivity index is 3.90.